The highest BCUT2D eigenvalue weighted by atomic mass is 16.4. The minimum Gasteiger partial charge on any atom is -0.481 e. The third kappa shape index (κ3) is 4.40. The minimum absolute atomic E-state index is 0.120. The molecule has 1 rings (SSSR count). The SMILES string of the molecule is CN1CCC(NC(=O)NC(CC(=O)O)C(C)(C)C)C1=O. The van der Waals surface area contributed by atoms with Crippen molar-refractivity contribution in [3.05, 3.63) is 0 Å². The number of rotatable bonds is 4. The van der Waals surface area contributed by atoms with Crippen LogP contribution in [-0.2, 0) is 9.59 Å². The molecule has 20 heavy (non-hydrogen) atoms. The topological polar surface area (TPSA) is 98.7 Å². The van der Waals surface area contributed by atoms with Gasteiger partial charge in [-0.3, -0.25) is 9.59 Å². The number of likely N-dealkylation sites (tertiary alicyclic amines) is 1. The fraction of sp³-hybridized carbons (Fsp3) is 0.769. The number of nitrogens with one attached hydrogen (secondary N) is 2. The number of carboxylic acids is 1. The molecule has 1 fully saturated rings. The summed E-state index contributed by atoms with van der Waals surface area (Å²) in [7, 11) is 1.68. The molecule has 0 radical (unpaired) electrons. The van der Waals surface area contributed by atoms with Gasteiger partial charge in [-0.2, -0.15) is 0 Å². The lowest BCUT2D eigenvalue weighted by atomic mass is 9.85. The zero-order chi connectivity index (χ0) is 15.5. The Kier molecular flexibility index (Phi) is 4.97. The molecule has 0 aliphatic carbocycles. The number of aliphatic carboxylic acids is 1. The Morgan fingerprint density at radius 2 is 2.05 bits per heavy atom. The Labute approximate surface area is 118 Å². The first-order chi connectivity index (χ1) is 9.11. The van der Waals surface area contributed by atoms with Gasteiger partial charge in [-0.1, -0.05) is 20.8 Å². The molecule has 0 saturated carbocycles. The zero-order valence-corrected chi connectivity index (χ0v) is 12.4. The monoisotopic (exact) mass is 285 g/mol. The normalized spacial score (nSPS) is 20.7. The van der Waals surface area contributed by atoms with Crippen LogP contribution in [-0.4, -0.2) is 53.6 Å². The molecule has 0 spiro atoms. The van der Waals surface area contributed by atoms with Crippen molar-refractivity contribution in [1.82, 2.24) is 15.5 Å². The molecule has 0 aromatic rings. The van der Waals surface area contributed by atoms with Crippen molar-refractivity contribution in [1.29, 1.82) is 0 Å². The summed E-state index contributed by atoms with van der Waals surface area (Å²) in [5.41, 5.74) is -0.383. The van der Waals surface area contributed by atoms with Crippen LogP contribution in [0.4, 0.5) is 4.79 Å². The van der Waals surface area contributed by atoms with Crippen LogP contribution in [0.1, 0.15) is 33.6 Å². The van der Waals surface area contributed by atoms with Gasteiger partial charge in [0.05, 0.1) is 6.42 Å². The molecule has 1 aliphatic heterocycles. The summed E-state index contributed by atoms with van der Waals surface area (Å²) in [6, 6.07) is -1.53. The summed E-state index contributed by atoms with van der Waals surface area (Å²) in [5, 5.41) is 14.1. The molecular formula is C13H23N3O4. The van der Waals surface area contributed by atoms with Crippen molar-refractivity contribution in [2.24, 2.45) is 5.41 Å². The first kappa shape index (κ1) is 16.3. The second kappa shape index (κ2) is 6.11. The van der Waals surface area contributed by atoms with Crippen LogP contribution in [0, 0.1) is 5.41 Å². The predicted octanol–water partition coefficient (Wildman–Crippen LogP) is 0.406. The summed E-state index contributed by atoms with van der Waals surface area (Å²) in [6.45, 7) is 6.18. The first-order valence-electron chi connectivity index (χ1n) is 6.65. The van der Waals surface area contributed by atoms with Crippen LogP contribution in [0.2, 0.25) is 0 Å². The fourth-order valence-electron chi connectivity index (χ4n) is 2.06. The van der Waals surface area contributed by atoms with E-state index in [4.69, 9.17) is 5.11 Å². The Hall–Kier alpha value is -1.79. The molecule has 2 unspecified atom stereocenters. The van der Waals surface area contributed by atoms with E-state index in [1.165, 1.54) is 0 Å². The molecular weight excluding hydrogens is 262 g/mol. The van der Waals surface area contributed by atoms with Gasteiger partial charge in [0.25, 0.3) is 0 Å². The summed E-state index contributed by atoms with van der Waals surface area (Å²) in [4.78, 5) is 36.0. The fourth-order valence-corrected chi connectivity index (χ4v) is 2.06. The number of nitrogens with zero attached hydrogens (tertiary/aromatic N) is 1. The maximum atomic E-state index is 11.9. The van der Waals surface area contributed by atoms with E-state index in [1.807, 2.05) is 20.8 Å². The van der Waals surface area contributed by atoms with E-state index in [2.05, 4.69) is 10.6 Å². The minimum atomic E-state index is -0.970. The number of carbonyl (C=O) groups is 3. The maximum absolute atomic E-state index is 11.9. The van der Waals surface area contributed by atoms with E-state index in [9.17, 15) is 14.4 Å². The highest BCUT2D eigenvalue weighted by molar-refractivity contribution is 5.88. The van der Waals surface area contributed by atoms with Gasteiger partial charge in [0, 0.05) is 19.6 Å². The van der Waals surface area contributed by atoms with Gasteiger partial charge in [-0.05, 0) is 11.8 Å². The Balaban J connectivity index is 2.58. The van der Waals surface area contributed by atoms with Gasteiger partial charge in [-0.25, -0.2) is 4.79 Å². The molecule has 1 saturated heterocycles. The lowest BCUT2D eigenvalue weighted by Gasteiger charge is -2.30. The summed E-state index contributed by atoms with van der Waals surface area (Å²) in [5.74, 6) is -1.09. The highest BCUT2D eigenvalue weighted by Gasteiger charge is 2.32. The van der Waals surface area contributed by atoms with Crippen LogP contribution < -0.4 is 10.6 Å². The van der Waals surface area contributed by atoms with Crippen molar-refractivity contribution in [3.8, 4) is 0 Å². The molecule has 0 aromatic carbocycles. The Bertz CT molecular complexity index is 403. The Morgan fingerprint density at radius 3 is 2.45 bits per heavy atom. The number of likely N-dealkylation sites (N-methyl/N-ethyl adjacent to an activating group) is 1. The molecule has 1 aliphatic rings. The number of carbonyl (C=O) groups excluding carboxylic acids is 2. The van der Waals surface area contributed by atoms with E-state index in [0.29, 0.717) is 13.0 Å². The van der Waals surface area contributed by atoms with Crippen molar-refractivity contribution < 1.29 is 19.5 Å². The number of urea groups is 1. The lowest BCUT2D eigenvalue weighted by Crippen LogP contribution is -2.52. The summed E-state index contributed by atoms with van der Waals surface area (Å²) >= 11 is 0. The second-order valence-electron chi connectivity index (χ2n) is 6.24. The second-order valence-corrected chi connectivity index (χ2v) is 6.24. The van der Waals surface area contributed by atoms with Gasteiger partial charge in [0.15, 0.2) is 0 Å². The third-order valence-corrected chi connectivity index (χ3v) is 3.46. The van der Waals surface area contributed by atoms with Crippen LogP contribution >= 0.6 is 0 Å². The standard InChI is InChI=1S/C13H23N3O4/c1-13(2,3)9(7-10(17)18)15-12(20)14-8-5-6-16(4)11(8)19/h8-9H,5-7H2,1-4H3,(H,17,18)(H2,14,15,20). The number of hydrogen-bond acceptors (Lipinski definition) is 3. The van der Waals surface area contributed by atoms with E-state index in [-0.39, 0.29) is 17.7 Å². The van der Waals surface area contributed by atoms with E-state index >= 15 is 0 Å². The van der Waals surface area contributed by atoms with E-state index in [0.717, 1.165) is 0 Å². The lowest BCUT2D eigenvalue weighted by molar-refractivity contribution is -0.138. The largest absolute Gasteiger partial charge is 0.481 e. The van der Waals surface area contributed by atoms with Crippen LogP contribution in [0.25, 0.3) is 0 Å². The van der Waals surface area contributed by atoms with Crippen molar-refractivity contribution in [2.45, 2.75) is 45.7 Å². The van der Waals surface area contributed by atoms with Crippen LogP contribution in [0.3, 0.4) is 0 Å². The number of amides is 3. The summed E-state index contributed by atoms with van der Waals surface area (Å²) < 4.78 is 0. The van der Waals surface area contributed by atoms with Crippen LogP contribution in [0.15, 0.2) is 0 Å². The summed E-state index contributed by atoms with van der Waals surface area (Å²) in [6.07, 6.45) is 0.414. The first-order valence-corrected chi connectivity index (χ1v) is 6.65. The molecule has 0 aromatic heterocycles. The van der Waals surface area contributed by atoms with Gasteiger partial charge >= 0.3 is 12.0 Å². The van der Waals surface area contributed by atoms with Crippen molar-refractivity contribution in [3.63, 3.8) is 0 Å². The molecule has 1 heterocycles. The van der Waals surface area contributed by atoms with Crippen molar-refractivity contribution in [2.75, 3.05) is 13.6 Å². The molecule has 3 amide bonds. The van der Waals surface area contributed by atoms with Gasteiger partial charge < -0.3 is 20.6 Å². The average Bonchev–Trinajstić information content (AvgIpc) is 2.58. The number of carboxylic acid groups (broad SMARTS) is 1. The Morgan fingerprint density at radius 1 is 1.45 bits per heavy atom. The molecule has 2 atom stereocenters. The average molecular weight is 285 g/mol. The highest BCUT2D eigenvalue weighted by Crippen LogP contribution is 2.21. The van der Waals surface area contributed by atoms with Gasteiger partial charge in [-0.15, -0.1) is 0 Å². The number of hydrogen-bond donors (Lipinski definition) is 3. The quantitative estimate of drug-likeness (QED) is 0.696. The maximum Gasteiger partial charge on any atom is 0.315 e. The predicted molar refractivity (Wildman–Crippen MR) is 73.2 cm³/mol. The third-order valence-electron chi connectivity index (χ3n) is 3.46. The van der Waals surface area contributed by atoms with E-state index in [1.54, 1.807) is 11.9 Å². The van der Waals surface area contributed by atoms with Crippen LogP contribution in [0.5, 0.6) is 0 Å². The molecule has 7 heteroatoms. The van der Waals surface area contributed by atoms with Crippen molar-refractivity contribution >= 4 is 17.9 Å². The smallest absolute Gasteiger partial charge is 0.315 e. The zero-order valence-electron chi connectivity index (χ0n) is 12.4. The molecule has 3 N–H and O–H groups in total. The molecule has 7 nitrogen and oxygen atoms in total. The molecule has 114 valence electrons. The van der Waals surface area contributed by atoms with E-state index < -0.39 is 24.1 Å². The molecule has 0 bridgehead atoms. The van der Waals surface area contributed by atoms with Gasteiger partial charge in [0.2, 0.25) is 5.91 Å². The van der Waals surface area contributed by atoms with Gasteiger partial charge in [0.1, 0.15) is 6.04 Å².